The van der Waals surface area contributed by atoms with Crippen LogP contribution in [0, 0.1) is 0 Å². The summed E-state index contributed by atoms with van der Waals surface area (Å²) in [6.45, 7) is 13.8. The third-order valence-electron chi connectivity index (χ3n) is 14.7. The Morgan fingerprint density at radius 3 is 0.944 bits per heavy atom. The molecule has 2 aliphatic rings. The summed E-state index contributed by atoms with van der Waals surface area (Å²) in [5.74, 6) is 0.485. The van der Waals surface area contributed by atoms with Gasteiger partial charge in [-0.15, -0.1) is 0 Å². The van der Waals surface area contributed by atoms with Gasteiger partial charge in [0.25, 0.3) is 0 Å². The first kappa shape index (κ1) is 44.8. The number of aromatic nitrogens is 2. The van der Waals surface area contributed by atoms with Crippen LogP contribution in [0.1, 0.15) is 98.1 Å². The Labute approximate surface area is 425 Å². The van der Waals surface area contributed by atoms with Crippen molar-refractivity contribution in [2.24, 2.45) is 0 Å². The number of rotatable bonds is 9. The number of hydrogen-bond acceptors (Lipinski definition) is 4. The van der Waals surface area contributed by atoms with Crippen molar-refractivity contribution >= 4 is 34.1 Å². The summed E-state index contributed by atoms with van der Waals surface area (Å²) in [7, 11) is 0. The summed E-state index contributed by atoms with van der Waals surface area (Å²) >= 11 is 0. The standard InChI is InChI=1S/C68H58N4/c1-67(2,3)46-32-36-54-58(40-46)60-42-52(71(48-24-14-8-15-25-48)49-26-16-9-17-27-49)34-38-56(60)64(54)62-44-63(70-66(69-62)45-22-12-7-13-23-45)65-55-37-33-47(68(4,5)6)41-59(55)61-43-53(35-39-57(61)65)72(50-28-18-10-19-29-50)51-30-20-11-21-31-51/h7-44,64-65H,1-6H3. The zero-order chi connectivity index (χ0) is 49.1. The average molecular weight is 931 g/mol. The van der Waals surface area contributed by atoms with E-state index in [0.29, 0.717) is 0 Å². The molecular formula is C68H58N4. The van der Waals surface area contributed by atoms with Gasteiger partial charge >= 0.3 is 0 Å². The first-order valence-electron chi connectivity index (χ1n) is 25.3. The molecule has 0 N–H and O–H groups in total. The van der Waals surface area contributed by atoms with Gasteiger partial charge in [-0.3, -0.25) is 0 Å². The topological polar surface area (TPSA) is 32.3 Å². The van der Waals surface area contributed by atoms with E-state index in [9.17, 15) is 0 Å². The molecule has 1 heterocycles. The zero-order valence-electron chi connectivity index (χ0n) is 41.9. The predicted molar refractivity (Wildman–Crippen MR) is 300 cm³/mol. The molecule has 0 spiro atoms. The highest BCUT2D eigenvalue weighted by Gasteiger charge is 2.37. The summed E-state index contributed by atoms with van der Waals surface area (Å²) in [4.78, 5) is 16.0. The second kappa shape index (κ2) is 17.8. The SMILES string of the molecule is CC(C)(C)c1ccc2c(c1)-c1cc(N(c3ccccc3)c3ccccc3)ccc1C2c1cc(C2c3ccc(N(c4ccccc4)c4ccccc4)cc3-c3cc(C(C)(C)C)ccc32)nc(-c2ccccc2)n1. The molecule has 1 aromatic heterocycles. The third-order valence-corrected chi connectivity index (χ3v) is 14.7. The minimum atomic E-state index is -0.125. The van der Waals surface area contributed by atoms with Crippen LogP contribution in [0.25, 0.3) is 33.6 Å². The van der Waals surface area contributed by atoms with Crippen molar-refractivity contribution in [2.75, 3.05) is 9.80 Å². The molecule has 0 radical (unpaired) electrons. The van der Waals surface area contributed by atoms with Gasteiger partial charge in [0.2, 0.25) is 0 Å². The Hall–Kier alpha value is -8.34. The van der Waals surface area contributed by atoms with Crippen LogP contribution in [0.4, 0.5) is 34.1 Å². The van der Waals surface area contributed by atoms with Crippen molar-refractivity contribution in [1.29, 1.82) is 0 Å². The number of hydrogen-bond donors (Lipinski definition) is 0. The van der Waals surface area contributed by atoms with E-state index in [4.69, 9.17) is 9.97 Å². The fraction of sp³-hybridized carbons (Fsp3) is 0.147. The van der Waals surface area contributed by atoms with Crippen LogP contribution in [0.5, 0.6) is 0 Å². The number of nitrogens with zero attached hydrogens (tertiary/aromatic N) is 4. The molecular weight excluding hydrogens is 873 g/mol. The number of anilines is 6. The molecule has 2 unspecified atom stereocenters. The van der Waals surface area contributed by atoms with Crippen LogP contribution in [-0.4, -0.2) is 9.97 Å². The molecule has 2 aliphatic carbocycles. The van der Waals surface area contributed by atoms with Crippen LogP contribution in [0.15, 0.2) is 231 Å². The lowest BCUT2D eigenvalue weighted by molar-refractivity contribution is 0.590. The van der Waals surface area contributed by atoms with Crippen LogP contribution in [0.2, 0.25) is 0 Å². The summed E-state index contributed by atoms with van der Waals surface area (Å²) in [5, 5.41) is 0. The molecule has 10 aromatic rings. The van der Waals surface area contributed by atoms with E-state index in [1.54, 1.807) is 0 Å². The molecule has 72 heavy (non-hydrogen) atoms. The van der Waals surface area contributed by atoms with Crippen LogP contribution >= 0.6 is 0 Å². The van der Waals surface area contributed by atoms with Gasteiger partial charge in [0.05, 0.1) is 23.2 Å². The van der Waals surface area contributed by atoms with Crippen LogP contribution in [0.3, 0.4) is 0 Å². The zero-order valence-corrected chi connectivity index (χ0v) is 41.9. The van der Waals surface area contributed by atoms with Gasteiger partial charge in [0, 0.05) is 39.7 Å². The van der Waals surface area contributed by atoms with E-state index in [1.807, 2.05) is 0 Å². The number of para-hydroxylation sites is 4. The van der Waals surface area contributed by atoms with Gasteiger partial charge in [-0.05, 0) is 145 Å². The van der Waals surface area contributed by atoms with Crippen molar-refractivity contribution in [3.63, 3.8) is 0 Å². The Morgan fingerprint density at radius 2 is 0.611 bits per heavy atom. The molecule has 0 aliphatic heterocycles. The molecule has 0 bridgehead atoms. The van der Waals surface area contributed by atoms with E-state index in [0.717, 1.165) is 56.9 Å². The van der Waals surface area contributed by atoms with Crippen LogP contribution < -0.4 is 9.80 Å². The first-order valence-corrected chi connectivity index (χ1v) is 25.3. The minimum absolute atomic E-state index is 0.0389. The summed E-state index contributed by atoms with van der Waals surface area (Å²) in [6.07, 6.45) is 0. The van der Waals surface area contributed by atoms with Gasteiger partial charge in [-0.25, -0.2) is 9.97 Å². The largest absolute Gasteiger partial charge is 0.310 e. The third kappa shape index (κ3) is 8.07. The van der Waals surface area contributed by atoms with Gasteiger partial charge in [0.1, 0.15) is 0 Å². The Bertz CT molecular complexity index is 3300. The lowest BCUT2D eigenvalue weighted by Crippen LogP contribution is -2.12. The van der Waals surface area contributed by atoms with Crippen molar-refractivity contribution in [1.82, 2.24) is 9.97 Å². The maximum absolute atomic E-state index is 5.61. The normalized spacial score (nSPS) is 14.5. The molecule has 0 amide bonds. The fourth-order valence-electron chi connectivity index (χ4n) is 11.0. The number of fused-ring (bicyclic) bond motifs is 6. The first-order chi connectivity index (χ1) is 35.0. The van der Waals surface area contributed by atoms with E-state index in [-0.39, 0.29) is 22.7 Å². The highest BCUT2D eigenvalue weighted by molar-refractivity contribution is 5.89. The van der Waals surface area contributed by atoms with Gasteiger partial charge in [0.15, 0.2) is 5.82 Å². The van der Waals surface area contributed by atoms with Crippen molar-refractivity contribution in [2.45, 2.75) is 64.2 Å². The van der Waals surface area contributed by atoms with Crippen molar-refractivity contribution in [3.8, 4) is 33.6 Å². The van der Waals surface area contributed by atoms with Gasteiger partial charge < -0.3 is 9.80 Å². The second-order valence-corrected chi connectivity index (χ2v) is 21.4. The molecule has 2 atom stereocenters. The fourth-order valence-corrected chi connectivity index (χ4v) is 11.0. The average Bonchev–Trinajstić information content (AvgIpc) is 3.91. The summed E-state index contributed by atoms with van der Waals surface area (Å²) < 4.78 is 0. The van der Waals surface area contributed by atoms with Crippen LogP contribution in [-0.2, 0) is 10.8 Å². The molecule has 12 rings (SSSR count). The molecule has 4 heteroatoms. The maximum atomic E-state index is 5.61. The van der Waals surface area contributed by atoms with Gasteiger partial charge in [-0.1, -0.05) is 193 Å². The molecule has 0 saturated carbocycles. The molecule has 4 nitrogen and oxygen atoms in total. The van der Waals surface area contributed by atoms with E-state index in [1.165, 1.54) is 55.6 Å². The summed E-state index contributed by atoms with van der Waals surface area (Å²) in [6, 6.07) is 84.0. The molecule has 350 valence electrons. The second-order valence-electron chi connectivity index (χ2n) is 21.4. The van der Waals surface area contributed by atoms with E-state index in [2.05, 4.69) is 282 Å². The smallest absolute Gasteiger partial charge is 0.159 e. The highest BCUT2D eigenvalue weighted by atomic mass is 15.1. The molecule has 0 fully saturated rings. The van der Waals surface area contributed by atoms with Crippen molar-refractivity contribution in [3.05, 3.63) is 275 Å². The van der Waals surface area contributed by atoms with E-state index < -0.39 is 0 Å². The van der Waals surface area contributed by atoms with Gasteiger partial charge in [-0.2, -0.15) is 0 Å². The Kier molecular flexibility index (Phi) is 11.1. The lowest BCUT2D eigenvalue weighted by atomic mass is 9.83. The maximum Gasteiger partial charge on any atom is 0.159 e. The molecule has 9 aromatic carbocycles. The van der Waals surface area contributed by atoms with Crippen molar-refractivity contribution < 1.29 is 0 Å². The quantitative estimate of drug-likeness (QED) is 0.144. The Balaban J connectivity index is 1.06. The lowest BCUT2D eigenvalue weighted by Gasteiger charge is -2.26. The van der Waals surface area contributed by atoms with E-state index >= 15 is 0 Å². The number of benzene rings is 9. The predicted octanol–water partition coefficient (Wildman–Crippen LogP) is 18.0. The minimum Gasteiger partial charge on any atom is -0.310 e. The monoisotopic (exact) mass is 930 g/mol. The highest BCUT2D eigenvalue weighted by Crippen LogP contribution is 2.54. The summed E-state index contributed by atoms with van der Waals surface area (Å²) in [5.41, 5.74) is 22.2. The Morgan fingerprint density at radius 1 is 0.306 bits per heavy atom. The molecule has 0 saturated heterocycles.